The van der Waals surface area contributed by atoms with Gasteiger partial charge in [0.2, 0.25) is 0 Å². The molecule has 2 bridgehead atoms. The van der Waals surface area contributed by atoms with Crippen LogP contribution in [0.4, 0.5) is 0 Å². The summed E-state index contributed by atoms with van der Waals surface area (Å²) in [5.74, 6) is 2.14. The Morgan fingerprint density at radius 1 is 1.17 bits per heavy atom. The van der Waals surface area contributed by atoms with Gasteiger partial charge in [-0.3, -0.25) is 4.79 Å². The molecule has 0 radical (unpaired) electrons. The number of carbonyl (C=O) groups is 1. The molecule has 2 aromatic carbocycles. The first-order valence-corrected chi connectivity index (χ1v) is 8.98. The first-order valence-electron chi connectivity index (χ1n) is 8.98. The van der Waals surface area contributed by atoms with E-state index >= 15 is 0 Å². The Morgan fingerprint density at radius 3 is 2.50 bits per heavy atom. The number of aliphatic carboxylic acids is 1. The average Bonchev–Trinajstić information content (AvgIpc) is 3.18. The molecule has 2 aromatic rings. The second kappa shape index (κ2) is 7.35. The molecule has 4 atom stereocenters. The van der Waals surface area contributed by atoms with E-state index in [9.17, 15) is 4.79 Å². The topological polar surface area (TPSA) is 63.3 Å². The molecule has 4 rings (SSSR count). The summed E-state index contributed by atoms with van der Waals surface area (Å²) >= 11 is 0. The molecule has 2 saturated carbocycles. The van der Waals surface area contributed by atoms with E-state index in [0.717, 1.165) is 34.1 Å². The van der Waals surface area contributed by atoms with Crippen molar-refractivity contribution in [2.75, 3.05) is 0 Å². The highest BCUT2D eigenvalue weighted by molar-refractivity contribution is 5.88. The molecule has 24 heavy (non-hydrogen) atoms. The van der Waals surface area contributed by atoms with Crippen LogP contribution in [-0.4, -0.2) is 17.1 Å². The third-order valence-corrected chi connectivity index (χ3v) is 5.69. The van der Waals surface area contributed by atoms with Gasteiger partial charge in [-0.2, -0.15) is 0 Å². The molecule has 3 N–H and O–H groups in total. The second-order valence-corrected chi connectivity index (χ2v) is 7.41. The summed E-state index contributed by atoms with van der Waals surface area (Å²) in [5, 5.41) is 10.8. The van der Waals surface area contributed by atoms with Gasteiger partial charge in [-0.15, -0.1) is 0 Å². The van der Waals surface area contributed by atoms with Gasteiger partial charge in [0.05, 0.1) is 6.42 Å². The summed E-state index contributed by atoms with van der Waals surface area (Å²) in [6, 6.07) is 14.0. The number of hydrogen-bond acceptors (Lipinski definition) is 2. The summed E-state index contributed by atoms with van der Waals surface area (Å²) in [7, 11) is 0. The predicted molar refractivity (Wildman–Crippen MR) is 97.9 cm³/mol. The maximum atomic E-state index is 10.6. The third kappa shape index (κ3) is 3.78. The van der Waals surface area contributed by atoms with Crippen LogP contribution in [0.2, 0.25) is 0 Å². The molecular formula is C21H27NO2. The first kappa shape index (κ1) is 17.0. The Balaban J connectivity index is 0.000000149. The van der Waals surface area contributed by atoms with E-state index in [0.29, 0.717) is 6.04 Å². The molecule has 2 aliphatic rings. The lowest BCUT2D eigenvalue weighted by Crippen LogP contribution is -2.30. The number of nitrogens with two attached hydrogens (primary N) is 1. The van der Waals surface area contributed by atoms with Gasteiger partial charge in [0.25, 0.3) is 0 Å². The lowest BCUT2D eigenvalue weighted by atomic mass is 9.84. The Labute approximate surface area is 143 Å². The van der Waals surface area contributed by atoms with Crippen molar-refractivity contribution >= 4 is 16.7 Å². The normalized spacial score (nSPS) is 26.0. The van der Waals surface area contributed by atoms with Crippen molar-refractivity contribution in [2.45, 2.75) is 45.1 Å². The minimum atomic E-state index is -0.790. The van der Waals surface area contributed by atoms with Crippen LogP contribution in [0.25, 0.3) is 10.8 Å². The van der Waals surface area contributed by atoms with Crippen molar-refractivity contribution in [3.8, 4) is 0 Å². The van der Waals surface area contributed by atoms with Gasteiger partial charge in [0.15, 0.2) is 0 Å². The quantitative estimate of drug-likeness (QED) is 0.887. The fraction of sp³-hybridized carbons (Fsp3) is 0.476. The number of carboxylic acid groups (broad SMARTS) is 1. The molecule has 3 heteroatoms. The molecule has 2 aliphatic carbocycles. The van der Waals surface area contributed by atoms with E-state index in [1.165, 1.54) is 25.7 Å². The van der Waals surface area contributed by atoms with E-state index in [4.69, 9.17) is 10.8 Å². The monoisotopic (exact) mass is 325 g/mol. The molecule has 0 saturated heterocycles. The number of benzene rings is 2. The smallest absolute Gasteiger partial charge is 0.307 e. The van der Waals surface area contributed by atoms with Crippen LogP contribution in [-0.2, 0) is 11.2 Å². The van der Waals surface area contributed by atoms with Crippen molar-refractivity contribution in [3.05, 3.63) is 48.0 Å². The van der Waals surface area contributed by atoms with Crippen LogP contribution in [0.3, 0.4) is 0 Å². The van der Waals surface area contributed by atoms with E-state index < -0.39 is 5.97 Å². The highest BCUT2D eigenvalue weighted by Gasteiger charge is 2.40. The molecule has 0 heterocycles. The molecule has 128 valence electrons. The Hall–Kier alpha value is -1.87. The lowest BCUT2D eigenvalue weighted by Gasteiger charge is -2.24. The summed E-state index contributed by atoms with van der Waals surface area (Å²) in [4.78, 5) is 10.6. The molecule has 0 spiro atoms. The standard InChI is InChI=1S/C12H10O2.C9H17N/c13-12(14)8-10-6-3-5-9-4-1-2-7-11(9)10;1-6(10)9-5-7-2-3-8(9)4-7/h1-7H,8H2,(H,13,14);6-9H,2-5,10H2,1H3. The number of carboxylic acids is 1. The molecule has 0 aromatic heterocycles. The average molecular weight is 325 g/mol. The van der Waals surface area contributed by atoms with Gasteiger partial charge in [-0.05, 0) is 60.3 Å². The number of rotatable bonds is 3. The van der Waals surface area contributed by atoms with Crippen LogP contribution in [0, 0.1) is 17.8 Å². The maximum Gasteiger partial charge on any atom is 0.307 e. The predicted octanol–water partition coefficient (Wildman–Crippen LogP) is 4.24. The molecule has 2 fully saturated rings. The number of fused-ring (bicyclic) bond motifs is 3. The molecule has 0 aliphatic heterocycles. The zero-order chi connectivity index (χ0) is 17.1. The summed E-state index contributed by atoms with van der Waals surface area (Å²) in [5.41, 5.74) is 6.76. The van der Waals surface area contributed by atoms with E-state index in [1.807, 2.05) is 42.5 Å². The van der Waals surface area contributed by atoms with Gasteiger partial charge in [0, 0.05) is 6.04 Å². The van der Waals surface area contributed by atoms with Crippen LogP contribution in [0.5, 0.6) is 0 Å². The summed E-state index contributed by atoms with van der Waals surface area (Å²) < 4.78 is 0. The van der Waals surface area contributed by atoms with Crippen LogP contribution < -0.4 is 5.73 Å². The minimum absolute atomic E-state index is 0.0847. The fourth-order valence-electron chi connectivity index (χ4n) is 4.55. The van der Waals surface area contributed by atoms with Gasteiger partial charge < -0.3 is 10.8 Å². The molecule has 0 amide bonds. The zero-order valence-corrected chi connectivity index (χ0v) is 14.3. The van der Waals surface area contributed by atoms with Crippen molar-refractivity contribution in [3.63, 3.8) is 0 Å². The summed E-state index contributed by atoms with van der Waals surface area (Å²) in [6.07, 6.45) is 5.97. The number of hydrogen-bond donors (Lipinski definition) is 2. The van der Waals surface area contributed by atoms with Crippen molar-refractivity contribution in [1.82, 2.24) is 0 Å². The van der Waals surface area contributed by atoms with Crippen molar-refractivity contribution in [1.29, 1.82) is 0 Å². The summed E-state index contributed by atoms with van der Waals surface area (Å²) in [6.45, 7) is 2.17. The largest absolute Gasteiger partial charge is 0.481 e. The first-order chi connectivity index (χ1) is 11.5. The van der Waals surface area contributed by atoms with Gasteiger partial charge in [-0.25, -0.2) is 0 Å². The zero-order valence-electron chi connectivity index (χ0n) is 14.3. The second-order valence-electron chi connectivity index (χ2n) is 7.41. The van der Waals surface area contributed by atoms with Crippen molar-refractivity contribution < 1.29 is 9.90 Å². The fourth-order valence-corrected chi connectivity index (χ4v) is 4.55. The Kier molecular flexibility index (Phi) is 5.20. The Morgan fingerprint density at radius 2 is 1.92 bits per heavy atom. The van der Waals surface area contributed by atoms with Crippen LogP contribution in [0.15, 0.2) is 42.5 Å². The minimum Gasteiger partial charge on any atom is -0.481 e. The van der Waals surface area contributed by atoms with Crippen molar-refractivity contribution in [2.24, 2.45) is 23.5 Å². The van der Waals surface area contributed by atoms with Gasteiger partial charge in [0.1, 0.15) is 0 Å². The van der Waals surface area contributed by atoms with E-state index in [-0.39, 0.29) is 6.42 Å². The van der Waals surface area contributed by atoms with E-state index in [1.54, 1.807) is 0 Å². The highest BCUT2D eigenvalue weighted by Crippen LogP contribution is 2.49. The Bertz CT molecular complexity index is 705. The van der Waals surface area contributed by atoms with E-state index in [2.05, 4.69) is 6.92 Å². The highest BCUT2D eigenvalue weighted by atomic mass is 16.4. The SMILES string of the molecule is CC(N)C1CC2CCC1C2.O=C(O)Cc1cccc2ccccc12. The molecule has 3 nitrogen and oxygen atoms in total. The van der Waals surface area contributed by atoms with Gasteiger partial charge >= 0.3 is 5.97 Å². The van der Waals surface area contributed by atoms with Crippen LogP contribution in [0.1, 0.15) is 38.2 Å². The van der Waals surface area contributed by atoms with Crippen LogP contribution >= 0.6 is 0 Å². The van der Waals surface area contributed by atoms with Gasteiger partial charge in [-0.1, -0.05) is 48.9 Å². The molecule has 4 unspecified atom stereocenters. The lowest BCUT2D eigenvalue weighted by molar-refractivity contribution is -0.136. The molecular weight excluding hydrogens is 298 g/mol. The third-order valence-electron chi connectivity index (χ3n) is 5.69. The maximum absolute atomic E-state index is 10.6.